The van der Waals surface area contributed by atoms with E-state index in [-0.39, 0.29) is 18.1 Å². The van der Waals surface area contributed by atoms with Crippen LogP contribution in [0.2, 0.25) is 0 Å². The van der Waals surface area contributed by atoms with Gasteiger partial charge in [0.05, 0.1) is 6.42 Å². The van der Waals surface area contributed by atoms with Crippen LogP contribution in [0.25, 0.3) is 0 Å². The number of nitrogens with zero attached hydrogens (tertiary/aromatic N) is 4. The molecule has 25 heavy (non-hydrogen) atoms. The maximum Gasteiger partial charge on any atom is 0.227 e. The lowest BCUT2D eigenvalue weighted by atomic mass is 10.0. The van der Waals surface area contributed by atoms with Gasteiger partial charge in [-0.3, -0.25) is 4.79 Å². The normalized spacial score (nSPS) is 20.2. The van der Waals surface area contributed by atoms with Crippen molar-refractivity contribution >= 4 is 5.91 Å². The lowest BCUT2D eigenvalue weighted by Crippen LogP contribution is -2.30. The van der Waals surface area contributed by atoms with Crippen LogP contribution in [0, 0.1) is 17.7 Å². The number of hydrogen-bond donors (Lipinski definition) is 0. The summed E-state index contributed by atoms with van der Waals surface area (Å²) in [7, 11) is 0. The number of carbonyl (C=O) groups is 1. The minimum atomic E-state index is -0.292. The molecule has 0 spiro atoms. The molecule has 1 atom stereocenters. The second kappa shape index (κ2) is 6.94. The maximum absolute atomic E-state index is 13.3. The van der Waals surface area contributed by atoms with Crippen molar-refractivity contribution in [3.05, 3.63) is 47.8 Å². The van der Waals surface area contributed by atoms with Gasteiger partial charge in [0.15, 0.2) is 0 Å². The molecule has 1 unspecified atom stereocenters. The maximum atomic E-state index is 13.3. The summed E-state index contributed by atoms with van der Waals surface area (Å²) in [4.78, 5) is 14.4. The zero-order chi connectivity index (χ0) is 17.2. The van der Waals surface area contributed by atoms with Gasteiger partial charge in [-0.2, -0.15) is 0 Å². The van der Waals surface area contributed by atoms with Crippen molar-refractivity contribution in [3.63, 3.8) is 0 Å². The molecule has 1 aliphatic carbocycles. The number of amides is 1. The molecule has 1 saturated carbocycles. The average molecular weight is 342 g/mol. The number of benzene rings is 1. The first kappa shape index (κ1) is 16.2. The van der Waals surface area contributed by atoms with Crippen molar-refractivity contribution in [1.29, 1.82) is 0 Å². The molecule has 1 aliphatic heterocycles. The lowest BCUT2D eigenvalue weighted by molar-refractivity contribution is -0.129. The highest BCUT2D eigenvalue weighted by molar-refractivity contribution is 5.79. The van der Waals surface area contributed by atoms with E-state index in [0.717, 1.165) is 49.8 Å². The van der Waals surface area contributed by atoms with Crippen LogP contribution in [-0.4, -0.2) is 38.7 Å². The van der Waals surface area contributed by atoms with Gasteiger partial charge in [-0.05, 0) is 48.8 Å². The van der Waals surface area contributed by atoms with E-state index in [0.29, 0.717) is 5.92 Å². The molecule has 2 fully saturated rings. The van der Waals surface area contributed by atoms with Gasteiger partial charge in [0.2, 0.25) is 5.91 Å². The molecule has 0 bridgehead atoms. The van der Waals surface area contributed by atoms with E-state index in [2.05, 4.69) is 14.8 Å². The molecule has 1 aromatic carbocycles. The van der Waals surface area contributed by atoms with E-state index in [1.165, 1.54) is 25.0 Å². The van der Waals surface area contributed by atoms with Crippen LogP contribution in [0.1, 0.15) is 30.7 Å². The Bertz CT molecular complexity index is 755. The van der Waals surface area contributed by atoms with Crippen LogP contribution in [-0.2, 0) is 24.2 Å². The van der Waals surface area contributed by atoms with Crippen molar-refractivity contribution in [1.82, 2.24) is 19.7 Å². The number of halogens is 1. The Morgan fingerprint density at radius 1 is 1.24 bits per heavy atom. The summed E-state index contributed by atoms with van der Waals surface area (Å²) in [6.45, 7) is 2.55. The molecule has 0 radical (unpaired) electrons. The average Bonchev–Trinajstić information content (AvgIpc) is 3.10. The molecule has 4 rings (SSSR count). The number of rotatable bonds is 6. The first-order chi connectivity index (χ1) is 12.2. The van der Waals surface area contributed by atoms with E-state index >= 15 is 0 Å². The first-order valence-electron chi connectivity index (χ1n) is 9.06. The van der Waals surface area contributed by atoms with Crippen LogP contribution in [0.4, 0.5) is 4.39 Å². The first-order valence-corrected chi connectivity index (χ1v) is 9.06. The Morgan fingerprint density at radius 2 is 2.12 bits per heavy atom. The summed E-state index contributed by atoms with van der Waals surface area (Å²) in [5.74, 6) is 2.05. The van der Waals surface area contributed by atoms with Crippen LogP contribution < -0.4 is 0 Å². The summed E-state index contributed by atoms with van der Waals surface area (Å²) in [5.41, 5.74) is 0.734. The highest BCUT2D eigenvalue weighted by Gasteiger charge is 2.28. The van der Waals surface area contributed by atoms with Crippen molar-refractivity contribution < 1.29 is 9.18 Å². The van der Waals surface area contributed by atoms with Gasteiger partial charge < -0.3 is 9.47 Å². The van der Waals surface area contributed by atoms with Crippen molar-refractivity contribution in [3.8, 4) is 0 Å². The van der Waals surface area contributed by atoms with E-state index in [9.17, 15) is 9.18 Å². The predicted molar refractivity (Wildman–Crippen MR) is 91.2 cm³/mol. The molecule has 6 heteroatoms. The number of aromatic nitrogens is 3. The monoisotopic (exact) mass is 342 g/mol. The fourth-order valence-electron chi connectivity index (χ4n) is 3.59. The number of carbonyl (C=O) groups excluding carboxylic acids is 1. The summed E-state index contributed by atoms with van der Waals surface area (Å²) in [6.07, 6.45) is 6.58. The second-order valence-electron chi connectivity index (χ2n) is 7.35. The van der Waals surface area contributed by atoms with Gasteiger partial charge in [0, 0.05) is 26.1 Å². The summed E-state index contributed by atoms with van der Waals surface area (Å²) < 4.78 is 15.4. The van der Waals surface area contributed by atoms with Crippen molar-refractivity contribution in [2.24, 2.45) is 11.8 Å². The lowest BCUT2D eigenvalue weighted by Gasteiger charge is -2.17. The van der Waals surface area contributed by atoms with E-state index < -0.39 is 0 Å². The third kappa shape index (κ3) is 4.06. The molecule has 0 N–H and O–H groups in total. The number of hydrogen-bond acceptors (Lipinski definition) is 3. The molecular weight excluding hydrogens is 319 g/mol. The number of likely N-dealkylation sites (tertiary alicyclic amines) is 1. The molecule has 2 aliphatic rings. The quantitative estimate of drug-likeness (QED) is 0.810. The minimum absolute atomic E-state index is 0.0764. The minimum Gasteiger partial charge on any atom is -0.342 e. The van der Waals surface area contributed by atoms with Crippen LogP contribution in [0.3, 0.4) is 0 Å². The Morgan fingerprint density at radius 3 is 2.92 bits per heavy atom. The largest absolute Gasteiger partial charge is 0.342 e. The fraction of sp³-hybridized carbons (Fsp3) is 0.526. The summed E-state index contributed by atoms with van der Waals surface area (Å²) in [6, 6.07) is 6.29. The third-order valence-electron chi connectivity index (χ3n) is 5.20. The van der Waals surface area contributed by atoms with Crippen molar-refractivity contribution in [2.45, 2.75) is 38.6 Å². The van der Waals surface area contributed by atoms with Crippen molar-refractivity contribution in [2.75, 3.05) is 13.1 Å². The standard InChI is InChI=1S/C19H23FN4O/c20-17-3-1-2-15(8-17)10-19(25)23-7-6-16(12-23)9-18-22-21-13-24(18)11-14-4-5-14/h1-3,8,13-14,16H,4-7,9-12H2. The zero-order valence-electron chi connectivity index (χ0n) is 14.3. The Kier molecular flexibility index (Phi) is 4.51. The van der Waals surface area contributed by atoms with Crippen LogP contribution >= 0.6 is 0 Å². The summed E-state index contributed by atoms with van der Waals surface area (Å²) >= 11 is 0. The molecule has 132 valence electrons. The molecule has 2 heterocycles. The Balaban J connectivity index is 1.32. The van der Waals surface area contributed by atoms with E-state index in [1.807, 2.05) is 11.2 Å². The highest BCUT2D eigenvalue weighted by Crippen LogP contribution is 2.31. The highest BCUT2D eigenvalue weighted by atomic mass is 19.1. The molecule has 2 aromatic rings. The van der Waals surface area contributed by atoms with E-state index in [1.54, 1.807) is 12.1 Å². The van der Waals surface area contributed by atoms with Gasteiger partial charge in [-0.15, -0.1) is 10.2 Å². The Hall–Kier alpha value is -2.24. The summed E-state index contributed by atoms with van der Waals surface area (Å²) in [5, 5.41) is 8.34. The van der Waals surface area contributed by atoms with Gasteiger partial charge in [0.1, 0.15) is 18.0 Å². The fourth-order valence-corrected chi connectivity index (χ4v) is 3.59. The molecule has 1 aromatic heterocycles. The van der Waals surface area contributed by atoms with Crippen LogP contribution in [0.5, 0.6) is 0 Å². The van der Waals surface area contributed by atoms with Gasteiger partial charge in [-0.25, -0.2) is 4.39 Å². The van der Waals surface area contributed by atoms with Crippen LogP contribution in [0.15, 0.2) is 30.6 Å². The topological polar surface area (TPSA) is 51.0 Å². The molecular formula is C19H23FN4O. The smallest absolute Gasteiger partial charge is 0.227 e. The van der Waals surface area contributed by atoms with Gasteiger partial charge in [0.25, 0.3) is 0 Å². The molecule has 5 nitrogen and oxygen atoms in total. The van der Waals surface area contributed by atoms with Gasteiger partial charge in [-0.1, -0.05) is 12.1 Å². The zero-order valence-corrected chi connectivity index (χ0v) is 14.3. The van der Waals surface area contributed by atoms with E-state index in [4.69, 9.17) is 0 Å². The Labute approximate surface area is 146 Å². The molecule has 1 saturated heterocycles. The molecule has 1 amide bonds. The predicted octanol–water partition coefficient (Wildman–Crippen LogP) is 2.46. The third-order valence-corrected chi connectivity index (χ3v) is 5.20. The second-order valence-corrected chi connectivity index (χ2v) is 7.35. The van der Waals surface area contributed by atoms with Gasteiger partial charge >= 0.3 is 0 Å². The SMILES string of the molecule is O=C(Cc1cccc(F)c1)N1CCC(Cc2nncn2CC2CC2)C1.